The summed E-state index contributed by atoms with van der Waals surface area (Å²) in [5.41, 5.74) is 1.01. The molecule has 1 heterocycles. The summed E-state index contributed by atoms with van der Waals surface area (Å²) < 4.78 is -0.474. The Labute approximate surface area is 125 Å². The number of carbonyl (C=O) groups is 1. The molecule has 0 aromatic carbocycles. The smallest absolute Gasteiger partial charge is 0.242 e. The van der Waals surface area contributed by atoms with E-state index in [1.807, 2.05) is 27.7 Å². The molecule has 20 heavy (non-hydrogen) atoms. The predicted molar refractivity (Wildman–Crippen MR) is 86.9 cm³/mol. The van der Waals surface area contributed by atoms with Crippen LogP contribution in [0.1, 0.15) is 40.5 Å². The normalized spacial score (nSPS) is 28.5. The molecule has 0 aromatic rings. The van der Waals surface area contributed by atoms with E-state index in [0.717, 1.165) is 11.6 Å². The van der Waals surface area contributed by atoms with E-state index in [1.54, 1.807) is 0 Å². The van der Waals surface area contributed by atoms with Crippen molar-refractivity contribution in [2.75, 3.05) is 0 Å². The van der Waals surface area contributed by atoms with E-state index in [2.05, 4.69) is 40.7 Å². The molecule has 0 radical (unpaired) electrons. The van der Waals surface area contributed by atoms with Gasteiger partial charge in [0.2, 0.25) is 5.91 Å². The Morgan fingerprint density at radius 2 is 2.15 bits per heavy atom. The van der Waals surface area contributed by atoms with Crippen LogP contribution in [0.4, 0.5) is 0 Å². The van der Waals surface area contributed by atoms with Crippen LogP contribution < -0.4 is 5.32 Å². The number of hydrogen-bond donors (Lipinski definition) is 1. The van der Waals surface area contributed by atoms with Gasteiger partial charge in [-0.1, -0.05) is 42.1 Å². The average molecular weight is 290 g/mol. The molecule has 1 amide bonds. The maximum Gasteiger partial charge on any atom is 0.242 e. The highest BCUT2D eigenvalue weighted by Gasteiger charge is 2.43. The third kappa shape index (κ3) is 3.85. The first-order valence-corrected chi connectivity index (χ1v) is 7.73. The topological polar surface area (TPSA) is 41.5 Å². The number of carbonyl (C=O) groups excluding carboxylic acids is 1. The molecule has 0 spiro atoms. The lowest BCUT2D eigenvalue weighted by atomic mass is 9.99. The Bertz CT molecular complexity index is 523. The summed E-state index contributed by atoms with van der Waals surface area (Å²) in [6.07, 6.45) is 12.2. The Morgan fingerprint density at radius 1 is 1.40 bits per heavy atom. The van der Waals surface area contributed by atoms with Crippen LogP contribution in [0.5, 0.6) is 0 Å². The van der Waals surface area contributed by atoms with E-state index in [4.69, 9.17) is 0 Å². The van der Waals surface area contributed by atoms with Gasteiger partial charge in [-0.25, -0.2) is 0 Å². The number of amidine groups is 1. The molecular weight excluding hydrogens is 268 g/mol. The standard InChI is InChI=1S/C16H22N2OS/c1-15(2,3)18-14-17-13(19)16(4,20-14)11-12-9-7-5-6-8-10-12/h5,7-10H,6,11H2,1-4H3,(H,17,18,19)/t16-/m0/s1. The fraction of sp³-hybridized carbons (Fsp3) is 0.500. The third-order valence-corrected chi connectivity index (χ3v) is 4.22. The summed E-state index contributed by atoms with van der Waals surface area (Å²) >= 11 is 1.54. The van der Waals surface area contributed by atoms with Gasteiger partial charge in [-0.05, 0) is 46.1 Å². The minimum Gasteiger partial charge on any atom is -0.304 e. The highest BCUT2D eigenvalue weighted by atomic mass is 32.2. The van der Waals surface area contributed by atoms with Crippen molar-refractivity contribution in [3.8, 4) is 0 Å². The Morgan fingerprint density at radius 3 is 2.85 bits per heavy atom. The van der Waals surface area contributed by atoms with Crippen molar-refractivity contribution in [3.63, 3.8) is 0 Å². The molecule has 1 aliphatic heterocycles. The van der Waals surface area contributed by atoms with Gasteiger partial charge in [-0.2, -0.15) is 0 Å². The Hall–Kier alpha value is -1.29. The second-order valence-corrected chi connectivity index (χ2v) is 7.85. The van der Waals surface area contributed by atoms with Crippen molar-refractivity contribution >= 4 is 22.8 Å². The molecule has 0 bridgehead atoms. The minimum atomic E-state index is -0.474. The van der Waals surface area contributed by atoms with E-state index >= 15 is 0 Å². The van der Waals surface area contributed by atoms with Gasteiger partial charge in [0, 0.05) is 0 Å². The first-order chi connectivity index (χ1) is 9.28. The van der Waals surface area contributed by atoms with Crippen molar-refractivity contribution < 1.29 is 4.79 Å². The maximum atomic E-state index is 12.3. The number of amides is 1. The van der Waals surface area contributed by atoms with Crippen LogP contribution in [0.3, 0.4) is 0 Å². The maximum absolute atomic E-state index is 12.3. The van der Waals surface area contributed by atoms with E-state index in [9.17, 15) is 4.79 Å². The molecule has 1 atom stereocenters. The molecule has 0 saturated carbocycles. The van der Waals surface area contributed by atoms with Crippen LogP contribution in [-0.4, -0.2) is 21.4 Å². The van der Waals surface area contributed by atoms with Crippen LogP contribution in [0.2, 0.25) is 0 Å². The SMILES string of the molecule is CC(C)(C)N=C1NC(=O)[C@](C)(CC2=CC=CCC=C2)S1. The summed E-state index contributed by atoms with van der Waals surface area (Å²) in [6.45, 7) is 8.08. The van der Waals surface area contributed by atoms with E-state index < -0.39 is 4.75 Å². The quantitative estimate of drug-likeness (QED) is 0.844. The average Bonchev–Trinajstić information content (AvgIpc) is 2.51. The first kappa shape index (κ1) is 15.1. The molecule has 0 unspecified atom stereocenters. The van der Waals surface area contributed by atoms with Crippen molar-refractivity contribution in [2.45, 2.75) is 50.8 Å². The van der Waals surface area contributed by atoms with Crippen LogP contribution in [0.15, 0.2) is 40.9 Å². The van der Waals surface area contributed by atoms with Gasteiger partial charge in [0.15, 0.2) is 5.17 Å². The summed E-state index contributed by atoms with van der Waals surface area (Å²) in [5, 5.41) is 3.65. The van der Waals surface area contributed by atoms with E-state index in [-0.39, 0.29) is 11.4 Å². The van der Waals surface area contributed by atoms with Crippen LogP contribution >= 0.6 is 11.8 Å². The minimum absolute atomic E-state index is 0.0491. The zero-order chi connectivity index (χ0) is 14.8. The lowest BCUT2D eigenvalue weighted by molar-refractivity contribution is -0.121. The Balaban J connectivity index is 2.15. The van der Waals surface area contributed by atoms with Gasteiger partial charge in [0.25, 0.3) is 0 Å². The summed E-state index contributed by atoms with van der Waals surface area (Å²) in [5.74, 6) is 0.0491. The fourth-order valence-corrected chi connectivity index (χ4v) is 3.39. The van der Waals surface area contributed by atoms with Crippen molar-refractivity contribution in [1.82, 2.24) is 5.32 Å². The number of nitrogens with one attached hydrogen (secondary N) is 1. The third-order valence-electron chi connectivity index (χ3n) is 3.05. The van der Waals surface area contributed by atoms with Crippen LogP contribution in [-0.2, 0) is 4.79 Å². The molecule has 1 fully saturated rings. The first-order valence-electron chi connectivity index (χ1n) is 6.91. The lowest BCUT2D eigenvalue weighted by Gasteiger charge is -2.19. The molecule has 1 aliphatic carbocycles. The molecule has 4 heteroatoms. The van der Waals surface area contributed by atoms with Gasteiger partial charge < -0.3 is 5.32 Å². The predicted octanol–water partition coefficient (Wildman–Crippen LogP) is 3.60. The van der Waals surface area contributed by atoms with Gasteiger partial charge in [-0.3, -0.25) is 9.79 Å². The lowest BCUT2D eigenvalue weighted by Crippen LogP contribution is -2.34. The second kappa shape index (κ2) is 5.60. The highest BCUT2D eigenvalue weighted by molar-refractivity contribution is 8.16. The Kier molecular flexibility index (Phi) is 4.23. The summed E-state index contributed by atoms with van der Waals surface area (Å²) in [7, 11) is 0. The molecule has 108 valence electrons. The molecule has 2 aliphatic rings. The summed E-state index contributed by atoms with van der Waals surface area (Å²) in [4.78, 5) is 16.8. The molecule has 2 rings (SSSR count). The van der Waals surface area contributed by atoms with Gasteiger partial charge >= 0.3 is 0 Å². The van der Waals surface area contributed by atoms with Crippen molar-refractivity contribution in [1.29, 1.82) is 0 Å². The van der Waals surface area contributed by atoms with Gasteiger partial charge in [-0.15, -0.1) is 0 Å². The zero-order valence-electron chi connectivity index (χ0n) is 12.6. The van der Waals surface area contributed by atoms with Gasteiger partial charge in [0.05, 0.1) is 5.54 Å². The number of rotatable bonds is 2. The summed E-state index contributed by atoms with van der Waals surface area (Å²) in [6, 6.07) is 0. The van der Waals surface area contributed by atoms with E-state index in [1.165, 1.54) is 17.3 Å². The monoisotopic (exact) mass is 290 g/mol. The van der Waals surface area contributed by atoms with Gasteiger partial charge in [0.1, 0.15) is 4.75 Å². The number of nitrogens with zero attached hydrogens (tertiary/aromatic N) is 1. The number of allylic oxidation sites excluding steroid dienone is 6. The van der Waals surface area contributed by atoms with Crippen molar-refractivity contribution in [3.05, 3.63) is 36.0 Å². The molecular formula is C16H22N2OS. The van der Waals surface area contributed by atoms with Crippen LogP contribution in [0, 0.1) is 0 Å². The second-order valence-electron chi connectivity index (χ2n) is 6.36. The largest absolute Gasteiger partial charge is 0.304 e. The fourth-order valence-electron chi connectivity index (χ4n) is 2.12. The molecule has 1 N–H and O–H groups in total. The highest BCUT2D eigenvalue weighted by Crippen LogP contribution is 2.38. The number of hydrogen-bond acceptors (Lipinski definition) is 3. The van der Waals surface area contributed by atoms with Crippen molar-refractivity contribution in [2.24, 2.45) is 4.99 Å². The number of aliphatic imine (C=N–C) groups is 1. The zero-order valence-corrected chi connectivity index (χ0v) is 13.4. The van der Waals surface area contributed by atoms with Crippen LogP contribution in [0.25, 0.3) is 0 Å². The van der Waals surface area contributed by atoms with E-state index in [0.29, 0.717) is 6.42 Å². The molecule has 1 saturated heterocycles. The molecule has 0 aromatic heterocycles. The number of thioether (sulfide) groups is 1. The molecule has 3 nitrogen and oxygen atoms in total.